The van der Waals surface area contributed by atoms with Gasteiger partial charge in [0.15, 0.2) is 0 Å². The third-order valence-corrected chi connectivity index (χ3v) is 5.31. The van der Waals surface area contributed by atoms with Gasteiger partial charge in [-0.05, 0) is 68.9 Å². The van der Waals surface area contributed by atoms with Crippen LogP contribution in [-0.4, -0.2) is 47.1 Å². The highest BCUT2D eigenvalue weighted by molar-refractivity contribution is 6.04. The number of pyridine rings is 2. The average Bonchev–Trinajstić information content (AvgIpc) is 3.18. The minimum atomic E-state index is 0.574. The number of aromatic amines is 1. The number of nitriles is 1. The van der Waals surface area contributed by atoms with Crippen molar-refractivity contribution >= 4 is 11.0 Å². The molecule has 4 aromatic rings. The lowest BCUT2D eigenvalue weighted by atomic mass is 9.97. The normalized spacial score (nSPS) is 11.1. The highest BCUT2D eigenvalue weighted by atomic mass is 16.5. The fourth-order valence-electron chi connectivity index (χ4n) is 3.73. The van der Waals surface area contributed by atoms with Crippen molar-refractivity contribution in [3.63, 3.8) is 0 Å². The molecule has 0 saturated carbocycles. The minimum Gasteiger partial charge on any atom is -0.494 e. The van der Waals surface area contributed by atoms with Crippen LogP contribution in [0.5, 0.6) is 5.75 Å². The Morgan fingerprint density at radius 3 is 2.58 bits per heavy atom. The summed E-state index contributed by atoms with van der Waals surface area (Å²) in [6.45, 7) is 3.65. The minimum absolute atomic E-state index is 0.574. The van der Waals surface area contributed by atoms with Gasteiger partial charge in [0.1, 0.15) is 17.5 Å². The zero-order chi connectivity index (χ0) is 21.8. The van der Waals surface area contributed by atoms with Crippen LogP contribution in [0, 0.1) is 18.3 Å². The molecule has 0 spiro atoms. The molecule has 0 saturated heterocycles. The van der Waals surface area contributed by atoms with Gasteiger partial charge in [-0.25, -0.2) is 4.98 Å². The van der Waals surface area contributed by atoms with Crippen LogP contribution in [0.15, 0.2) is 55.0 Å². The first-order valence-electron chi connectivity index (χ1n) is 10.3. The summed E-state index contributed by atoms with van der Waals surface area (Å²) in [6, 6.07) is 14.3. The Balaban J connectivity index is 1.74. The van der Waals surface area contributed by atoms with Crippen molar-refractivity contribution in [2.24, 2.45) is 0 Å². The summed E-state index contributed by atoms with van der Waals surface area (Å²) in [5, 5.41) is 10.4. The topological polar surface area (TPSA) is 77.8 Å². The lowest BCUT2D eigenvalue weighted by Crippen LogP contribution is -2.15. The number of nitrogens with one attached hydrogen (secondary N) is 1. The molecule has 0 amide bonds. The fourth-order valence-corrected chi connectivity index (χ4v) is 3.73. The van der Waals surface area contributed by atoms with E-state index in [0.29, 0.717) is 12.2 Å². The molecule has 3 aromatic heterocycles. The monoisotopic (exact) mass is 411 g/mol. The lowest BCUT2D eigenvalue weighted by molar-refractivity contribution is 0.281. The second-order valence-corrected chi connectivity index (χ2v) is 7.78. The van der Waals surface area contributed by atoms with Crippen molar-refractivity contribution in [3.8, 4) is 34.2 Å². The zero-order valence-electron chi connectivity index (χ0n) is 18.0. The van der Waals surface area contributed by atoms with Gasteiger partial charge in [0.2, 0.25) is 0 Å². The molecule has 0 unspecified atom stereocenters. The third kappa shape index (κ3) is 4.27. The highest BCUT2D eigenvalue weighted by Gasteiger charge is 2.19. The molecule has 0 aliphatic rings. The van der Waals surface area contributed by atoms with Gasteiger partial charge in [0, 0.05) is 41.6 Å². The molecular weight excluding hydrogens is 386 g/mol. The summed E-state index contributed by atoms with van der Waals surface area (Å²) < 4.78 is 5.88. The molecular formula is C25H25N5O. The van der Waals surface area contributed by atoms with Crippen LogP contribution in [0.4, 0.5) is 0 Å². The summed E-state index contributed by atoms with van der Waals surface area (Å²) in [5.41, 5.74) is 6.20. The number of aromatic nitrogens is 3. The van der Waals surface area contributed by atoms with Crippen LogP contribution in [0.25, 0.3) is 33.4 Å². The Morgan fingerprint density at radius 1 is 1.10 bits per heavy atom. The van der Waals surface area contributed by atoms with E-state index in [1.54, 1.807) is 12.4 Å². The second-order valence-electron chi connectivity index (χ2n) is 7.78. The van der Waals surface area contributed by atoms with Crippen LogP contribution in [0.3, 0.4) is 0 Å². The Bertz CT molecular complexity index is 1220. The van der Waals surface area contributed by atoms with Gasteiger partial charge in [0.05, 0.1) is 17.9 Å². The van der Waals surface area contributed by atoms with Crippen molar-refractivity contribution in [1.29, 1.82) is 5.26 Å². The van der Waals surface area contributed by atoms with E-state index in [0.717, 1.165) is 57.7 Å². The molecule has 3 heterocycles. The number of H-pyrrole nitrogens is 1. The van der Waals surface area contributed by atoms with Crippen LogP contribution in [0.2, 0.25) is 0 Å². The Morgan fingerprint density at radius 2 is 1.90 bits per heavy atom. The highest BCUT2D eigenvalue weighted by Crippen LogP contribution is 2.39. The quantitative estimate of drug-likeness (QED) is 0.442. The first-order chi connectivity index (χ1) is 15.1. The van der Waals surface area contributed by atoms with Crippen LogP contribution < -0.4 is 4.74 Å². The number of benzene rings is 1. The van der Waals surface area contributed by atoms with Crippen LogP contribution in [0.1, 0.15) is 17.5 Å². The zero-order valence-corrected chi connectivity index (χ0v) is 18.0. The second kappa shape index (κ2) is 8.99. The van der Waals surface area contributed by atoms with Gasteiger partial charge in [0.25, 0.3) is 0 Å². The summed E-state index contributed by atoms with van der Waals surface area (Å²) in [4.78, 5) is 14.4. The first kappa shape index (κ1) is 20.6. The van der Waals surface area contributed by atoms with Gasteiger partial charge < -0.3 is 14.6 Å². The maximum atomic E-state index is 9.48. The molecule has 6 heteroatoms. The van der Waals surface area contributed by atoms with Gasteiger partial charge >= 0.3 is 0 Å². The summed E-state index contributed by atoms with van der Waals surface area (Å²) in [6.07, 6.45) is 6.20. The third-order valence-electron chi connectivity index (χ3n) is 5.31. The number of ether oxygens (including phenoxy) is 1. The predicted molar refractivity (Wildman–Crippen MR) is 123 cm³/mol. The van der Waals surface area contributed by atoms with Gasteiger partial charge in [-0.15, -0.1) is 0 Å². The fraction of sp³-hybridized carbons (Fsp3) is 0.240. The Kier molecular flexibility index (Phi) is 5.96. The smallest absolute Gasteiger partial charge is 0.138 e. The van der Waals surface area contributed by atoms with E-state index >= 15 is 0 Å². The standard InChI is InChI=1S/C25H25N5O/c1-17-20(14-26)16-28-25-22(17)23(19-6-4-11-27-15-19)24(29-25)18-7-9-21(10-8-18)31-13-5-12-30(2)3/h4,6-11,15-16H,5,12-13H2,1-3H3,(H,28,29). The Labute approximate surface area is 182 Å². The number of nitrogens with zero attached hydrogens (tertiary/aromatic N) is 4. The van der Waals surface area contributed by atoms with Crippen molar-refractivity contribution in [2.75, 3.05) is 27.2 Å². The maximum absolute atomic E-state index is 9.48. The van der Waals surface area contributed by atoms with E-state index in [1.165, 1.54) is 0 Å². The summed E-state index contributed by atoms with van der Waals surface area (Å²) in [7, 11) is 4.12. The number of hydrogen-bond donors (Lipinski definition) is 1. The summed E-state index contributed by atoms with van der Waals surface area (Å²) >= 11 is 0. The van der Waals surface area contributed by atoms with E-state index in [4.69, 9.17) is 4.74 Å². The molecule has 6 nitrogen and oxygen atoms in total. The van der Waals surface area contributed by atoms with E-state index in [-0.39, 0.29) is 0 Å². The van der Waals surface area contributed by atoms with Crippen molar-refractivity contribution in [2.45, 2.75) is 13.3 Å². The van der Waals surface area contributed by atoms with E-state index < -0.39 is 0 Å². The largest absolute Gasteiger partial charge is 0.494 e. The molecule has 156 valence electrons. The lowest BCUT2D eigenvalue weighted by Gasteiger charge is -2.11. The number of fused-ring (bicyclic) bond motifs is 1. The average molecular weight is 412 g/mol. The van der Waals surface area contributed by atoms with E-state index in [2.05, 4.69) is 40.0 Å². The van der Waals surface area contributed by atoms with Crippen LogP contribution in [-0.2, 0) is 0 Å². The van der Waals surface area contributed by atoms with Crippen molar-refractivity contribution in [1.82, 2.24) is 19.9 Å². The van der Waals surface area contributed by atoms with E-state index in [1.807, 2.05) is 49.5 Å². The molecule has 0 bridgehead atoms. The SMILES string of the molecule is Cc1c(C#N)cnc2[nH]c(-c3ccc(OCCCN(C)C)cc3)c(-c3cccnc3)c12. The first-order valence-corrected chi connectivity index (χ1v) is 10.3. The molecule has 31 heavy (non-hydrogen) atoms. The molecule has 0 atom stereocenters. The molecule has 0 fully saturated rings. The maximum Gasteiger partial charge on any atom is 0.138 e. The van der Waals surface area contributed by atoms with Crippen molar-refractivity contribution in [3.05, 3.63) is 66.1 Å². The molecule has 0 aliphatic carbocycles. The molecule has 0 radical (unpaired) electrons. The summed E-state index contributed by atoms with van der Waals surface area (Å²) in [5.74, 6) is 0.850. The van der Waals surface area contributed by atoms with E-state index in [9.17, 15) is 5.26 Å². The van der Waals surface area contributed by atoms with Crippen LogP contribution >= 0.6 is 0 Å². The predicted octanol–water partition coefficient (Wildman–Crippen LogP) is 4.80. The number of aryl methyl sites for hydroxylation is 1. The number of rotatable bonds is 7. The van der Waals surface area contributed by atoms with Gasteiger partial charge in [-0.3, -0.25) is 4.98 Å². The molecule has 0 aliphatic heterocycles. The van der Waals surface area contributed by atoms with Gasteiger partial charge in [-0.1, -0.05) is 6.07 Å². The van der Waals surface area contributed by atoms with Crippen molar-refractivity contribution < 1.29 is 4.74 Å². The molecule has 1 aromatic carbocycles. The molecule has 1 N–H and O–H groups in total. The Hall–Kier alpha value is -3.69. The van der Waals surface area contributed by atoms with Gasteiger partial charge in [-0.2, -0.15) is 5.26 Å². The molecule has 4 rings (SSSR count). The number of hydrogen-bond acceptors (Lipinski definition) is 5.